The van der Waals surface area contributed by atoms with Gasteiger partial charge in [-0.2, -0.15) is 18.3 Å². The minimum absolute atomic E-state index is 0.0148. The highest BCUT2D eigenvalue weighted by molar-refractivity contribution is 6.36. The van der Waals surface area contributed by atoms with E-state index in [9.17, 15) is 18.0 Å². The lowest BCUT2D eigenvalue weighted by molar-refractivity contribution is -0.141. The molecule has 0 aliphatic rings. The first-order valence-corrected chi connectivity index (χ1v) is 9.12. The molecule has 0 bridgehead atoms. The molecule has 2 aromatic heterocycles. The maximum atomic E-state index is 12.9. The zero-order chi connectivity index (χ0) is 21.3. The molecule has 154 valence electrons. The number of rotatable bonds is 5. The standard InChI is InChI=1S/C16H12Cl3F3N6O/c1-8-13(19)14(16(20,21)22)25-28(8)6-12(29)24-15-23-7-27(26-15)5-9-10(17)3-2-4-11(9)18/h2-4,7H,5-6H2,1H3,(H,24,26,29). The number of alkyl halides is 3. The molecule has 0 unspecified atom stereocenters. The third-order valence-electron chi connectivity index (χ3n) is 3.86. The second-order valence-electron chi connectivity index (χ2n) is 5.92. The van der Waals surface area contributed by atoms with Gasteiger partial charge in [-0.25, -0.2) is 9.67 Å². The smallest absolute Gasteiger partial charge is 0.292 e. The highest BCUT2D eigenvalue weighted by Crippen LogP contribution is 2.35. The van der Waals surface area contributed by atoms with Crippen molar-refractivity contribution in [2.45, 2.75) is 26.2 Å². The van der Waals surface area contributed by atoms with E-state index in [0.29, 0.717) is 15.6 Å². The molecule has 0 saturated heterocycles. The van der Waals surface area contributed by atoms with Crippen molar-refractivity contribution in [3.63, 3.8) is 0 Å². The van der Waals surface area contributed by atoms with E-state index in [2.05, 4.69) is 20.5 Å². The fraction of sp³-hybridized carbons (Fsp3) is 0.250. The van der Waals surface area contributed by atoms with Gasteiger partial charge in [0.1, 0.15) is 12.9 Å². The Labute approximate surface area is 177 Å². The van der Waals surface area contributed by atoms with E-state index in [0.717, 1.165) is 4.68 Å². The molecule has 0 radical (unpaired) electrons. The number of benzene rings is 1. The summed E-state index contributed by atoms with van der Waals surface area (Å²) in [4.78, 5) is 16.1. The lowest BCUT2D eigenvalue weighted by atomic mass is 10.2. The summed E-state index contributed by atoms with van der Waals surface area (Å²) >= 11 is 17.9. The third kappa shape index (κ3) is 4.82. The van der Waals surface area contributed by atoms with Crippen molar-refractivity contribution in [1.82, 2.24) is 24.5 Å². The quantitative estimate of drug-likeness (QED) is 0.601. The number of carbonyl (C=O) groups excluding carboxylic acids is 1. The Kier molecular flexibility index (Phi) is 6.06. The average molecular weight is 468 g/mol. The van der Waals surface area contributed by atoms with E-state index < -0.39 is 29.3 Å². The molecule has 7 nitrogen and oxygen atoms in total. The van der Waals surface area contributed by atoms with Crippen LogP contribution in [0, 0.1) is 6.92 Å². The number of hydrogen-bond donors (Lipinski definition) is 1. The molecule has 3 rings (SSSR count). The van der Waals surface area contributed by atoms with E-state index in [1.807, 2.05) is 0 Å². The van der Waals surface area contributed by atoms with Crippen LogP contribution in [0.5, 0.6) is 0 Å². The van der Waals surface area contributed by atoms with Crippen molar-refractivity contribution in [2.24, 2.45) is 0 Å². The van der Waals surface area contributed by atoms with E-state index in [1.54, 1.807) is 18.2 Å². The van der Waals surface area contributed by atoms with Gasteiger partial charge in [0, 0.05) is 15.6 Å². The monoisotopic (exact) mass is 466 g/mol. The summed E-state index contributed by atoms with van der Waals surface area (Å²) < 4.78 is 40.9. The first kappa shape index (κ1) is 21.4. The summed E-state index contributed by atoms with van der Waals surface area (Å²) in [6, 6.07) is 5.05. The van der Waals surface area contributed by atoms with Gasteiger partial charge >= 0.3 is 6.18 Å². The number of nitrogens with one attached hydrogen (secondary N) is 1. The highest BCUT2D eigenvalue weighted by atomic mass is 35.5. The molecule has 3 aromatic rings. The van der Waals surface area contributed by atoms with Crippen LogP contribution in [0.3, 0.4) is 0 Å². The van der Waals surface area contributed by atoms with Crippen LogP contribution in [-0.2, 0) is 24.1 Å². The van der Waals surface area contributed by atoms with Crippen molar-refractivity contribution in [3.05, 3.63) is 56.5 Å². The van der Waals surface area contributed by atoms with Gasteiger partial charge in [-0.15, -0.1) is 5.10 Å². The Hall–Kier alpha value is -2.30. The first-order valence-electron chi connectivity index (χ1n) is 7.98. The fourth-order valence-corrected chi connectivity index (χ4v) is 3.19. The fourth-order valence-electron chi connectivity index (χ4n) is 2.43. The summed E-state index contributed by atoms with van der Waals surface area (Å²) in [6.07, 6.45) is -3.36. The average Bonchev–Trinajstić information content (AvgIpc) is 3.17. The zero-order valence-electron chi connectivity index (χ0n) is 14.6. The van der Waals surface area contributed by atoms with Gasteiger partial charge in [0.2, 0.25) is 11.9 Å². The number of anilines is 1. The first-order chi connectivity index (χ1) is 13.6. The summed E-state index contributed by atoms with van der Waals surface area (Å²) in [5.41, 5.74) is -0.607. The number of aromatic nitrogens is 5. The van der Waals surface area contributed by atoms with Crippen molar-refractivity contribution in [1.29, 1.82) is 0 Å². The predicted molar refractivity (Wildman–Crippen MR) is 101 cm³/mol. The zero-order valence-corrected chi connectivity index (χ0v) is 16.9. The van der Waals surface area contributed by atoms with Crippen molar-refractivity contribution < 1.29 is 18.0 Å². The molecule has 0 saturated carbocycles. The Morgan fingerprint density at radius 1 is 1.17 bits per heavy atom. The molecular weight excluding hydrogens is 456 g/mol. The van der Waals surface area contributed by atoms with E-state index in [-0.39, 0.29) is 18.2 Å². The van der Waals surface area contributed by atoms with Gasteiger partial charge in [0.25, 0.3) is 0 Å². The van der Waals surface area contributed by atoms with Gasteiger partial charge in [-0.05, 0) is 19.1 Å². The second-order valence-corrected chi connectivity index (χ2v) is 7.11. The minimum atomic E-state index is -4.72. The van der Waals surface area contributed by atoms with Gasteiger partial charge in [0.15, 0.2) is 5.69 Å². The highest BCUT2D eigenvalue weighted by Gasteiger charge is 2.38. The summed E-state index contributed by atoms with van der Waals surface area (Å²) in [5, 5.41) is 10.2. The summed E-state index contributed by atoms with van der Waals surface area (Å²) in [7, 11) is 0. The van der Waals surface area contributed by atoms with Crippen LogP contribution in [0.1, 0.15) is 17.0 Å². The molecule has 0 aliphatic heterocycles. The topological polar surface area (TPSA) is 77.6 Å². The molecule has 0 spiro atoms. The van der Waals surface area contributed by atoms with Crippen LogP contribution in [0.4, 0.5) is 19.1 Å². The molecule has 0 atom stereocenters. The predicted octanol–water partition coefficient (Wildman–Crippen LogP) is 4.45. The molecule has 1 N–H and O–H groups in total. The molecule has 1 aromatic carbocycles. The number of hydrogen-bond acceptors (Lipinski definition) is 4. The molecule has 29 heavy (non-hydrogen) atoms. The normalized spacial score (nSPS) is 11.7. The maximum Gasteiger partial charge on any atom is 0.436 e. The Balaban J connectivity index is 1.68. The molecule has 0 aliphatic carbocycles. The molecular formula is C16H12Cl3F3N6O. The van der Waals surface area contributed by atoms with Crippen LogP contribution in [-0.4, -0.2) is 30.5 Å². The van der Waals surface area contributed by atoms with E-state index >= 15 is 0 Å². The SMILES string of the molecule is Cc1c(Cl)c(C(F)(F)F)nn1CC(=O)Nc1ncn(Cc2c(Cl)cccc2Cl)n1. The maximum absolute atomic E-state index is 12.9. The molecule has 1 amide bonds. The lowest BCUT2D eigenvalue weighted by Gasteiger charge is -2.06. The van der Waals surface area contributed by atoms with Gasteiger partial charge < -0.3 is 0 Å². The molecule has 2 heterocycles. The van der Waals surface area contributed by atoms with Crippen LogP contribution in [0.25, 0.3) is 0 Å². The van der Waals surface area contributed by atoms with Gasteiger partial charge in [-0.1, -0.05) is 40.9 Å². The number of halogens is 6. The van der Waals surface area contributed by atoms with E-state index in [4.69, 9.17) is 34.8 Å². The minimum Gasteiger partial charge on any atom is -0.292 e. The van der Waals surface area contributed by atoms with Crippen molar-refractivity contribution >= 4 is 46.7 Å². The Morgan fingerprint density at radius 2 is 1.83 bits per heavy atom. The van der Waals surface area contributed by atoms with Crippen molar-refractivity contribution in [2.75, 3.05) is 5.32 Å². The van der Waals surface area contributed by atoms with Crippen LogP contribution in [0.15, 0.2) is 24.5 Å². The number of carbonyl (C=O) groups is 1. The molecule has 0 fully saturated rings. The van der Waals surface area contributed by atoms with Gasteiger partial charge in [0.05, 0.1) is 17.3 Å². The van der Waals surface area contributed by atoms with Gasteiger partial charge in [-0.3, -0.25) is 14.8 Å². The molecule has 13 heteroatoms. The number of nitrogens with zero attached hydrogens (tertiary/aromatic N) is 5. The van der Waals surface area contributed by atoms with Crippen molar-refractivity contribution in [3.8, 4) is 0 Å². The summed E-state index contributed by atoms with van der Waals surface area (Å²) in [6.45, 7) is 1.05. The van der Waals surface area contributed by atoms with Crippen LogP contribution >= 0.6 is 34.8 Å². The Morgan fingerprint density at radius 3 is 2.41 bits per heavy atom. The van der Waals surface area contributed by atoms with E-state index in [1.165, 1.54) is 17.9 Å². The lowest BCUT2D eigenvalue weighted by Crippen LogP contribution is -2.21. The van der Waals surface area contributed by atoms with Crippen LogP contribution < -0.4 is 5.32 Å². The van der Waals surface area contributed by atoms with Crippen LogP contribution in [0.2, 0.25) is 15.1 Å². The second kappa shape index (κ2) is 8.21. The summed E-state index contributed by atoms with van der Waals surface area (Å²) in [5.74, 6) is -0.709. The Bertz CT molecular complexity index is 1040. The largest absolute Gasteiger partial charge is 0.436 e. The number of amides is 1. The third-order valence-corrected chi connectivity index (χ3v) is 5.03.